The first-order valence-electron chi connectivity index (χ1n) is 14.2. The van der Waals surface area contributed by atoms with Gasteiger partial charge in [-0.25, -0.2) is 13.4 Å². The molecular weight excluding hydrogens is 651 g/mol. The average molecular weight is 691 g/mol. The quantitative estimate of drug-likeness (QED) is 0.297. The molecule has 3 fully saturated rings. The highest BCUT2D eigenvalue weighted by Gasteiger charge is 2.31. The van der Waals surface area contributed by atoms with E-state index in [2.05, 4.69) is 31.1 Å². The largest absolute Gasteiger partial charge is 0.365 e. The van der Waals surface area contributed by atoms with Gasteiger partial charge in [0.05, 0.1) is 11.2 Å². The van der Waals surface area contributed by atoms with Crippen LogP contribution in [0.1, 0.15) is 70.3 Å². The number of piperidine rings is 1. The number of nitrogens with zero attached hydrogens (tertiary/aromatic N) is 5. The Kier molecular flexibility index (Phi) is 10.8. The van der Waals surface area contributed by atoms with Gasteiger partial charge in [-0.05, 0) is 79.4 Å². The molecule has 0 atom stereocenters. The maximum atomic E-state index is 13.3. The lowest BCUT2D eigenvalue weighted by atomic mass is 9.92. The van der Waals surface area contributed by atoms with Crippen molar-refractivity contribution in [3.8, 4) is 0 Å². The van der Waals surface area contributed by atoms with E-state index in [1.54, 1.807) is 22.5 Å². The zero-order valence-electron chi connectivity index (χ0n) is 22.9. The number of rotatable bonds is 7. The van der Waals surface area contributed by atoms with Crippen LogP contribution in [0.25, 0.3) is 11.2 Å². The van der Waals surface area contributed by atoms with Gasteiger partial charge in [-0.3, -0.25) is 0 Å². The fraction of sp³-hybridized carbons (Fsp3) is 0.593. The highest BCUT2D eigenvalue weighted by Crippen LogP contribution is 2.34. The van der Waals surface area contributed by atoms with Crippen molar-refractivity contribution in [2.24, 2.45) is 5.73 Å². The molecular formula is C27H39BrCl2N8O2S. The zero-order valence-corrected chi connectivity index (χ0v) is 26.9. The van der Waals surface area contributed by atoms with Crippen molar-refractivity contribution in [3.05, 3.63) is 35.1 Å². The lowest BCUT2D eigenvalue weighted by Gasteiger charge is -2.32. The van der Waals surface area contributed by atoms with E-state index >= 15 is 0 Å². The molecule has 14 heteroatoms. The van der Waals surface area contributed by atoms with Gasteiger partial charge in [-0.2, -0.15) is 14.3 Å². The molecule has 0 amide bonds. The first-order chi connectivity index (χ1) is 18.9. The minimum absolute atomic E-state index is 0. The van der Waals surface area contributed by atoms with E-state index in [1.807, 2.05) is 12.4 Å². The van der Waals surface area contributed by atoms with E-state index in [-0.39, 0.29) is 36.9 Å². The minimum Gasteiger partial charge on any atom is -0.365 e. The Morgan fingerprint density at radius 1 is 0.878 bits per heavy atom. The topological polar surface area (TPSA) is 131 Å². The second-order valence-corrected chi connectivity index (χ2v) is 13.9. The molecule has 0 unspecified atom stereocenters. The fourth-order valence-corrected chi connectivity index (χ4v) is 8.64. The molecule has 226 valence electrons. The van der Waals surface area contributed by atoms with Crippen LogP contribution in [0.3, 0.4) is 0 Å². The molecule has 3 aliphatic rings. The van der Waals surface area contributed by atoms with Gasteiger partial charge in [0, 0.05) is 41.7 Å². The number of sulfonamides is 1. The molecule has 2 saturated carbocycles. The number of imidazole rings is 1. The van der Waals surface area contributed by atoms with Gasteiger partial charge in [-0.15, -0.1) is 24.8 Å². The Bertz CT molecular complexity index is 1420. The summed E-state index contributed by atoms with van der Waals surface area (Å²) in [7, 11) is -3.56. The molecule has 0 spiro atoms. The lowest BCUT2D eigenvalue weighted by molar-refractivity contribution is 0.329. The summed E-state index contributed by atoms with van der Waals surface area (Å²) in [4.78, 5) is 14.9. The molecule has 2 aromatic heterocycles. The summed E-state index contributed by atoms with van der Waals surface area (Å²) in [5, 5.41) is 7.20. The molecule has 1 aliphatic heterocycles. The van der Waals surface area contributed by atoms with E-state index in [1.165, 1.54) is 12.8 Å². The summed E-state index contributed by atoms with van der Waals surface area (Å²) in [6.45, 7) is 0.888. The molecule has 1 aromatic carbocycles. The molecule has 6 rings (SSSR count). The Balaban J connectivity index is 0.00000194. The fourth-order valence-electron chi connectivity index (χ4n) is 6.20. The molecule has 3 aromatic rings. The first-order valence-corrected chi connectivity index (χ1v) is 16.4. The molecule has 1 saturated heterocycles. The molecule has 10 nitrogen and oxygen atoms in total. The zero-order chi connectivity index (χ0) is 27.0. The van der Waals surface area contributed by atoms with Crippen LogP contribution in [0.15, 0.2) is 40.0 Å². The molecule has 41 heavy (non-hydrogen) atoms. The van der Waals surface area contributed by atoms with Crippen LogP contribution >= 0.6 is 40.7 Å². The number of anilines is 2. The van der Waals surface area contributed by atoms with Crippen LogP contribution < -0.4 is 16.4 Å². The number of hydrogen-bond donors (Lipinski definition) is 3. The van der Waals surface area contributed by atoms with Crippen molar-refractivity contribution < 1.29 is 8.42 Å². The minimum atomic E-state index is -3.56. The number of halogens is 3. The summed E-state index contributed by atoms with van der Waals surface area (Å²) < 4.78 is 30.9. The van der Waals surface area contributed by atoms with Crippen molar-refractivity contribution in [1.29, 1.82) is 0 Å². The third-order valence-corrected chi connectivity index (χ3v) is 11.4. The van der Waals surface area contributed by atoms with Gasteiger partial charge in [0.25, 0.3) is 0 Å². The Morgan fingerprint density at radius 2 is 1.54 bits per heavy atom. The number of fused-ring (bicyclic) bond motifs is 1. The standard InChI is InChI=1S/C27H37BrN8O2S.2ClH/c28-22-7-3-4-8-23(22)39(37,38)35-15-13-20(14-16-35)31-25-24-26(36(17-30-24)21-5-1-2-6-21)34-27(33-25)32-19-11-9-18(29)10-12-19;;/h3-4,7-8,17-21H,1-2,5-6,9-16,29H2,(H2,31,32,33,34);2*1H. The van der Waals surface area contributed by atoms with Gasteiger partial charge >= 0.3 is 0 Å². The van der Waals surface area contributed by atoms with Crippen LogP contribution in [0, 0.1) is 0 Å². The van der Waals surface area contributed by atoms with Crippen LogP contribution in [0.4, 0.5) is 11.8 Å². The molecule has 2 aliphatic carbocycles. The predicted molar refractivity (Wildman–Crippen MR) is 171 cm³/mol. The van der Waals surface area contributed by atoms with Gasteiger partial charge < -0.3 is 20.9 Å². The molecule has 3 heterocycles. The van der Waals surface area contributed by atoms with Crippen LogP contribution in [-0.2, 0) is 10.0 Å². The Morgan fingerprint density at radius 3 is 2.22 bits per heavy atom. The van der Waals surface area contributed by atoms with Crippen LogP contribution in [0.5, 0.6) is 0 Å². The van der Waals surface area contributed by atoms with E-state index < -0.39 is 10.0 Å². The smallest absolute Gasteiger partial charge is 0.244 e. The summed E-state index contributed by atoms with van der Waals surface area (Å²) in [6, 6.07) is 8.09. The van der Waals surface area contributed by atoms with Crippen LogP contribution in [0.2, 0.25) is 0 Å². The van der Waals surface area contributed by atoms with Gasteiger partial charge in [0.15, 0.2) is 17.0 Å². The normalized spacial score (nSPS) is 22.7. The maximum Gasteiger partial charge on any atom is 0.244 e. The summed E-state index contributed by atoms with van der Waals surface area (Å²) in [5.41, 5.74) is 7.76. The van der Waals surface area contributed by atoms with Crippen LogP contribution in [-0.4, -0.2) is 63.5 Å². The number of benzene rings is 1. The van der Waals surface area contributed by atoms with Crippen molar-refractivity contribution in [1.82, 2.24) is 23.8 Å². The molecule has 0 bridgehead atoms. The Hall–Kier alpha value is -1.70. The number of aromatic nitrogens is 4. The highest BCUT2D eigenvalue weighted by atomic mass is 79.9. The lowest BCUT2D eigenvalue weighted by Crippen LogP contribution is -2.42. The first kappa shape index (κ1) is 32.2. The van der Waals surface area contributed by atoms with Crippen molar-refractivity contribution in [2.45, 2.75) is 93.3 Å². The third-order valence-electron chi connectivity index (χ3n) is 8.49. The maximum absolute atomic E-state index is 13.3. The van der Waals surface area contributed by atoms with E-state index in [0.717, 1.165) is 55.5 Å². The Labute approximate surface area is 262 Å². The summed E-state index contributed by atoms with van der Waals surface area (Å²) in [5.74, 6) is 1.35. The van der Waals surface area contributed by atoms with Crippen molar-refractivity contribution in [3.63, 3.8) is 0 Å². The van der Waals surface area contributed by atoms with E-state index in [0.29, 0.717) is 53.3 Å². The monoisotopic (exact) mass is 688 g/mol. The van der Waals surface area contributed by atoms with E-state index in [9.17, 15) is 8.42 Å². The second-order valence-electron chi connectivity index (χ2n) is 11.2. The highest BCUT2D eigenvalue weighted by molar-refractivity contribution is 9.10. The molecule has 0 radical (unpaired) electrons. The second kappa shape index (κ2) is 13.7. The van der Waals surface area contributed by atoms with Gasteiger partial charge in [0.2, 0.25) is 16.0 Å². The van der Waals surface area contributed by atoms with E-state index in [4.69, 9.17) is 20.7 Å². The number of nitrogens with two attached hydrogens (primary N) is 1. The van der Waals surface area contributed by atoms with Gasteiger partial charge in [0.1, 0.15) is 0 Å². The summed E-state index contributed by atoms with van der Waals surface area (Å²) in [6.07, 6.45) is 12.1. The predicted octanol–water partition coefficient (Wildman–Crippen LogP) is 5.49. The van der Waals surface area contributed by atoms with Crippen molar-refractivity contribution in [2.75, 3.05) is 23.7 Å². The summed E-state index contributed by atoms with van der Waals surface area (Å²) >= 11 is 3.40. The number of hydrogen-bond acceptors (Lipinski definition) is 8. The average Bonchev–Trinajstić information content (AvgIpc) is 3.61. The third kappa shape index (κ3) is 6.94. The number of nitrogens with one attached hydrogen (secondary N) is 2. The SMILES string of the molecule is Cl.Cl.NC1CCC(Nc2nc(NC3CCN(S(=O)(=O)c4ccccc4Br)CC3)c3ncn(C4CCCC4)c3n2)CC1. The molecule has 4 N–H and O–H groups in total. The van der Waals surface area contributed by atoms with Gasteiger partial charge in [-0.1, -0.05) is 25.0 Å². The van der Waals surface area contributed by atoms with Crippen molar-refractivity contribution >= 4 is 73.7 Å².